The number of aliphatic carboxylic acids is 3. The lowest BCUT2D eigenvalue weighted by atomic mass is 9.79. The third kappa shape index (κ3) is 12.2. The first-order valence-corrected chi connectivity index (χ1v) is 21.7. The molecule has 0 saturated heterocycles. The maximum Gasteiger partial charge on any atom is 0.341 e. The molecule has 0 heterocycles. The van der Waals surface area contributed by atoms with Gasteiger partial charge in [-0.05, 0) is 88.4 Å². The van der Waals surface area contributed by atoms with Crippen LogP contribution in [0, 0.1) is 0 Å². The Morgan fingerprint density at radius 3 is 0.703 bits per heavy atom. The molecule has 0 saturated carbocycles. The summed E-state index contributed by atoms with van der Waals surface area (Å²) in [4.78, 5) is 36.7. The van der Waals surface area contributed by atoms with Crippen molar-refractivity contribution in [2.45, 2.75) is 130 Å². The van der Waals surface area contributed by atoms with E-state index < -0.39 is 37.7 Å². The molecule has 0 unspecified atom stereocenters. The first kappa shape index (κ1) is 49.1. The van der Waals surface area contributed by atoms with Crippen LogP contribution < -0.4 is 18.9 Å². The van der Waals surface area contributed by atoms with E-state index in [1.165, 1.54) is 0 Å². The van der Waals surface area contributed by atoms with Crippen LogP contribution in [0.25, 0.3) is 0 Å². The van der Waals surface area contributed by atoms with Crippen LogP contribution in [0.3, 0.4) is 0 Å². The zero-order chi connectivity index (χ0) is 47.7. The van der Waals surface area contributed by atoms with Crippen molar-refractivity contribution in [2.75, 3.05) is 26.4 Å². The van der Waals surface area contributed by atoms with E-state index >= 15 is 0 Å². The molecule has 344 valence electrons. The van der Waals surface area contributed by atoms with Crippen LogP contribution in [0.2, 0.25) is 0 Å². The number of carbonyl (C=O) groups is 3. The summed E-state index contributed by atoms with van der Waals surface area (Å²) in [5.41, 5.74) is 7.93. The highest BCUT2D eigenvalue weighted by molar-refractivity contribution is 5.70. The summed E-state index contributed by atoms with van der Waals surface area (Å²) in [6.07, 6.45) is 0.797. The Morgan fingerprint density at radius 2 is 0.562 bits per heavy atom. The monoisotopic (exact) mass is 878 g/mol. The molecule has 1 aliphatic carbocycles. The fraction of sp³-hybridized carbons (Fsp3) is 0.453. The minimum atomic E-state index is -1.16. The molecule has 1 aliphatic rings. The summed E-state index contributed by atoms with van der Waals surface area (Å²) in [7, 11) is 0. The van der Waals surface area contributed by atoms with Gasteiger partial charge in [-0.2, -0.15) is 0 Å². The molecule has 11 heteroatoms. The summed E-state index contributed by atoms with van der Waals surface area (Å²) in [6, 6.07) is 16.3. The summed E-state index contributed by atoms with van der Waals surface area (Å²) < 4.78 is 25.4. The quantitative estimate of drug-likeness (QED) is 0.0880. The van der Waals surface area contributed by atoms with Crippen LogP contribution in [0.15, 0.2) is 60.9 Å². The van der Waals surface area contributed by atoms with E-state index in [-0.39, 0.29) is 59.7 Å². The molecule has 0 aromatic heterocycles. The predicted octanol–water partition coefficient (Wildman–Crippen LogP) is 10.4. The largest absolute Gasteiger partial charge is 0.509 e. The number of ether oxygens (including phenoxy) is 4. The lowest BCUT2D eigenvalue weighted by molar-refractivity contribution is -0.140. The molecule has 0 aliphatic heterocycles. The Bertz CT molecular complexity index is 2010. The molecule has 5 rings (SSSR count). The van der Waals surface area contributed by atoms with Gasteiger partial charge in [-0.1, -0.05) is 138 Å². The number of fused-ring (bicyclic) bond motifs is 8. The molecule has 0 amide bonds. The third-order valence-corrected chi connectivity index (χ3v) is 11.4. The maximum absolute atomic E-state index is 12.2. The summed E-state index contributed by atoms with van der Waals surface area (Å²) in [6.45, 7) is 26.8. The molecular formula is C53H66O11. The molecule has 0 radical (unpaired) electrons. The van der Waals surface area contributed by atoms with E-state index in [1.807, 2.05) is 36.4 Å². The highest BCUT2D eigenvalue weighted by Crippen LogP contribution is 2.44. The van der Waals surface area contributed by atoms with Gasteiger partial charge in [0.05, 0.1) is 0 Å². The van der Waals surface area contributed by atoms with E-state index in [9.17, 15) is 34.8 Å². The zero-order valence-corrected chi connectivity index (χ0v) is 39.6. The van der Waals surface area contributed by atoms with E-state index in [2.05, 4.69) is 102 Å². The van der Waals surface area contributed by atoms with Crippen LogP contribution in [0.1, 0.15) is 150 Å². The first-order chi connectivity index (χ1) is 29.5. The molecule has 4 aromatic rings. The van der Waals surface area contributed by atoms with E-state index in [0.717, 1.165) is 33.4 Å². The van der Waals surface area contributed by atoms with Crippen molar-refractivity contribution in [3.63, 3.8) is 0 Å². The molecule has 64 heavy (non-hydrogen) atoms. The number of benzene rings is 4. The van der Waals surface area contributed by atoms with Gasteiger partial charge in [0.15, 0.2) is 19.8 Å². The molecule has 0 atom stereocenters. The molecule has 4 N–H and O–H groups in total. The summed E-state index contributed by atoms with van der Waals surface area (Å²) in [5.74, 6) is -2.07. The SMILES string of the molecule is C=C(O)COc1c2cc(C(C)(C)C)cc1Cc1cc(C(C)(C)C)cc(c1OCC(=O)O)Cc1cc(C(C)(C)C)cc(c1OCC(=O)O)Cc1cc(C(C)(C)C)cc(c1OCC(=O)O)C2. The predicted molar refractivity (Wildman–Crippen MR) is 248 cm³/mol. The molecule has 0 spiro atoms. The average Bonchev–Trinajstić information content (AvgIpc) is 3.13. The smallest absolute Gasteiger partial charge is 0.341 e. The second kappa shape index (κ2) is 18.6. The van der Waals surface area contributed by atoms with Gasteiger partial charge in [0.25, 0.3) is 0 Å². The summed E-state index contributed by atoms with van der Waals surface area (Å²) in [5, 5.41) is 40.4. The van der Waals surface area contributed by atoms with Gasteiger partial charge in [0.2, 0.25) is 0 Å². The molecule has 0 fully saturated rings. The fourth-order valence-corrected chi connectivity index (χ4v) is 7.92. The van der Waals surface area contributed by atoms with E-state index in [1.54, 1.807) is 0 Å². The number of carboxylic acid groups (broad SMARTS) is 3. The Morgan fingerprint density at radius 1 is 0.391 bits per heavy atom. The minimum Gasteiger partial charge on any atom is -0.509 e. The Hall–Kier alpha value is -5.97. The standard InChI is InChI=1S/C53H66O11/c1-30(54)26-61-46-31-14-33-20-40(51(5,6)7)22-35(47(33)62-27-43(55)56)16-37-24-42(53(11,12)13)25-38(49(37)64-29-45(59)60)17-36-23-41(52(8,9)10)21-34(48(36)63-28-44(57)58)15-32(46)19-39(18-31)50(2,3)4/h18-25,54H,1,14-17,26-29H2,2-13H3,(H,55,56)(H,57,58)(H,59,60). The van der Waals surface area contributed by atoms with Crippen molar-refractivity contribution in [2.24, 2.45) is 0 Å². The highest BCUT2D eigenvalue weighted by Gasteiger charge is 2.30. The second-order valence-electron chi connectivity index (χ2n) is 21.1. The number of carboxylic acids is 3. The van der Waals surface area contributed by atoms with Crippen LogP contribution in [0.5, 0.6) is 23.0 Å². The normalized spacial score (nSPS) is 13.2. The topological polar surface area (TPSA) is 169 Å². The second-order valence-corrected chi connectivity index (χ2v) is 21.1. The van der Waals surface area contributed by atoms with Gasteiger partial charge in [0.1, 0.15) is 35.4 Å². The molecule has 11 nitrogen and oxygen atoms in total. The number of rotatable bonds is 12. The number of aliphatic hydroxyl groups excluding tert-OH is 1. The lowest BCUT2D eigenvalue weighted by Crippen LogP contribution is -2.19. The van der Waals surface area contributed by atoms with Crippen molar-refractivity contribution in [1.29, 1.82) is 0 Å². The number of hydrogen-bond donors (Lipinski definition) is 4. The van der Waals surface area contributed by atoms with Gasteiger partial charge < -0.3 is 39.4 Å². The minimum absolute atomic E-state index is 0.175. The molecular weight excluding hydrogens is 813 g/mol. The lowest BCUT2D eigenvalue weighted by Gasteiger charge is -2.29. The first-order valence-electron chi connectivity index (χ1n) is 21.7. The Labute approximate surface area is 378 Å². The maximum atomic E-state index is 12.2. The van der Waals surface area contributed by atoms with Gasteiger partial charge in [-0.25, -0.2) is 14.4 Å². The van der Waals surface area contributed by atoms with Crippen LogP contribution in [-0.2, 0) is 61.7 Å². The van der Waals surface area contributed by atoms with E-state index in [4.69, 9.17) is 18.9 Å². The van der Waals surface area contributed by atoms with Gasteiger partial charge in [0, 0.05) is 25.7 Å². The van der Waals surface area contributed by atoms with Crippen molar-refractivity contribution in [3.05, 3.63) is 128 Å². The fourth-order valence-electron chi connectivity index (χ4n) is 7.92. The highest BCUT2D eigenvalue weighted by atomic mass is 16.5. The van der Waals surface area contributed by atoms with Gasteiger partial charge in [-0.3, -0.25) is 0 Å². The van der Waals surface area contributed by atoms with Crippen molar-refractivity contribution in [1.82, 2.24) is 0 Å². The average molecular weight is 879 g/mol. The molecule has 8 bridgehead atoms. The van der Waals surface area contributed by atoms with Crippen LogP contribution >= 0.6 is 0 Å². The van der Waals surface area contributed by atoms with Crippen molar-refractivity contribution < 1.29 is 53.8 Å². The Kier molecular flexibility index (Phi) is 14.3. The van der Waals surface area contributed by atoms with Gasteiger partial charge >= 0.3 is 17.9 Å². The molecule has 4 aromatic carbocycles. The van der Waals surface area contributed by atoms with Gasteiger partial charge in [-0.15, -0.1) is 0 Å². The number of hydrogen-bond acceptors (Lipinski definition) is 8. The number of aliphatic hydroxyl groups is 1. The van der Waals surface area contributed by atoms with E-state index in [0.29, 0.717) is 56.4 Å². The van der Waals surface area contributed by atoms with Crippen LogP contribution in [0.4, 0.5) is 0 Å². The zero-order valence-electron chi connectivity index (χ0n) is 39.6. The van der Waals surface area contributed by atoms with Crippen molar-refractivity contribution >= 4 is 17.9 Å². The van der Waals surface area contributed by atoms with Crippen LogP contribution in [-0.4, -0.2) is 64.8 Å². The third-order valence-electron chi connectivity index (χ3n) is 11.4. The van der Waals surface area contributed by atoms with Crippen molar-refractivity contribution in [3.8, 4) is 23.0 Å². The summed E-state index contributed by atoms with van der Waals surface area (Å²) >= 11 is 0. The Balaban J connectivity index is 2.05.